The summed E-state index contributed by atoms with van der Waals surface area (Å²) in [7, 11) is 0. The van der Waals surface area contributed by atoms with Gasteiger partial charge in [-0.25, -0.2) is 9.97 Å². The molecule has 0 unspecified atom stereocenters. The molecule has 0 radical (unpaired) electrons. The van der Waals surface area contributed by atoms with Gasteiger partial charge in [-0.15, -0.1) is 0 Å². The zero-order valence-corrected chi connectivity index (χ0v) is 16.1. The van der Waals surface area contributed by atoms with Crippen LogP contribution in [-0.2, 0) is 6.61 Å². The summed E-state index contributed by atoms with van der Waals surface area (Å²) in [5, 5.41) is 4.46. The van der Waals surface area contributed by atoms with Gasteiger partial charge in [-0.3, -0.25) is 0 Å². The van der Waals surface area contributed by atoms with Crippen LogP contribution in [0.1, 0.15) is 5.56 Å². The van der Waals surface area contributed by atoms with Gasteiger partial charge in [-0.2, -0.15) is 0 Å². The first-order chi connectivity index (χ1) is 14.4. The molecule has 0 bridgehead atoms. The van der Waals surface area contributed by atoms with Crippen LogP contribution in [-0.4, -0.2) is 41.1 Å². The minimum atomic E-state index is 0.554. The number of nitrogens with zero attached hydrogens (tertiary/aromatic N) is 3. The van der Waals surface area contributed by atoms with Crippen LogP contribution in [0, 0.1) is 0 Å². The minimum Gasteiger partial charge on any atom is -0.489 e. The highest BCUT2D eigenvalue weighted by Gasteiger charge is 2.18. The first-order valence-electron chi connectivity index (χ1n) is 9.95. The van der Waals surface area contributed by atoms with Gasteiger partial charge in [-0.1, -0.05) is 30.3 Å². The summed E-state index contributed by atoms with van der Waals surface area (Å²) >= 11 is 0. The van der Waals surface area contributed by atoms with Gasteiger partial charge in [0.1, 0.15) is 23.8 Å². The van der Waals surface area contributed by atoms with Crippen LogP contribution < -0.4 is 15.0 Å². The van der Waals surface area contributed by atoms with E-state index in [9.17, 15) is 0 Å². The fraction of sp³-hybridized carbons (Fsp3) is 0.217. The van der Waals surface area contributed by atoms with E-state index in [0.29, 0.717) is 6.61 Å². The highest BCUT2D eigenvalue weighted by Crippen LogP contribution is 2.28. The Morgan fingerprint density at radius 3 is 2.48 bits per heavy atom. The monoisotopic (exact) mass is 385 g/mol. The number of hydrogen-bond donors (Lipinski definition) is 2. The lowest BCUT2D eigenvalue weighted by Crippen LogP contribution is -2.44. The van der Waals surface area contributed by atoms with Crippen molar-refractivity contribution in [2.75, 3.05) is 31.1 Å². The maximum Gasteiger partial charge on any atom is 0.163 e. The molecule has 29 heavy (non-hydrogen) atoms. The maximum atomic E-state index is 5.90. The van der Waals surface area contributed by atoms with E-state index < -0.39 is 0 Å². The van der Waals surface area contributed by atoms with Gasteiger partial charge in [0, 0.05) is 37.9 Å². The average Bonchev–Trinajstić information content (AvgIpc) is 3.27. The van der Waals surface area contributed by atoms with Crippen molar-refractivity contribution in [2.45, 2.75) is 6.61 Å². The molecule has 6 heteroatoms. The number of benzene rings is 2. The molecule has 5 rings (SSSR count). The van der Waals surface area contributed by atoms with Gasteiger partial charge >= 0.3 is 0 Å². The van der Waals surface area contributed by atoms with Crippen LogP contribution in [0.5, 0.6) is 5.75 Å². The molecular weight excluding hydrogens is 362 g/mol. The molecule has 0 spiro atoms. The zero-order valence-electron chi connectivity index (χ0n) is 16.1. The Morgan fingerprint density at radius 1 is 0.897 bits per heavy atom. The molecule has 1 aliphatic rings. The summed E-state index contributed by atoms with van der Waals surface area (Å²) in [5.74, 6) is 2.56. The third kappa shape index (κ3) is 3.79. The number of piperazine rings is 1. The Hall–Kier alpha value is -3.38. The molecule has 4 aromatic rings. The molecule has 3 heterocycles. The minimum absolute atomic E-state index is 0.554. The summed E-state index contributed by atoms with van der Waals surface area (Å²) in [6.07, 6.45) is 1.93. The van der Waals surface area contributed by atoms with Crippen LogP contribution in [0.25, 0.3) is 22.4 Å². The van der Waals surface area contributed by atoms with Crippen molar-refractivity contribution in [2.24, 2.45) is 0 Å². The predicted molar refractivity (Wildman–Crippen MR) is 115 cm³/mol. The van der Waals surface area contributed by atoms with E-state index in [1.165, 1.54) is 0 Å². The molecule has 146 valence electrons. The van der Waals surface area contributed by atoms with Crippen molar-refractivity contribution in [1.82, 2.24) is 20.3 Å². The van der Waals surface area contributed by atoms with Crippen molar-refractivity contribution in [3.8, 4) is 17.1 Å². The normalized spacial score (nSPS) is 14.3. The lowest BCUT2D eigenvalue weighted by atomic mass is 10.2. The summed E-state index contributed by atoms with van der Waals surface area (Å²) in [6, 6.07) is 20.2. The van der Waals surface area contributed by atoms with Gasteiger partial charge in [-0.05, 0) is 35.9 Å². The molecule has 2 aromatic heterocycles. The van der Waals surface area contributed by atoms with Gasteiger partial charge in [0.15, 0.2) is 5.82 Å². The quantitative estimate of drug-likeness (QED) is 0.549. The Morgan fingerprint density at radius 2 is 1.69 bits per heavy atom. The molecular formula is C23H23N5O. The van der Waals surface area contributed by atoms with E-state index in [-0.39, 0.29) is 0 Å². The van der Waals surface area contributed by atoms with E-state index in [2.05, 4.69) is 33.4 Å². The summed E-state index contributed by atoms with van der Waals surface area (Å²) in [5.41, 5.74) is 3.00. The molecule has 0 amide bonds. The lowest BCUT2D eigenvalue weighted by Gasteiger charge is -2.29. The van der Waals surface area contributed by atoms with E-state index in [1.54, 1.807) is 0 Å². The number of nitrogens with one attached hydrogen (secondary N) is 2. The average molecular weight is 385 g/mol. The van der Waals surface area contributed by atoms with Crippen LogP contribution in [0.2, 0.25) is 0 Å². The summed E-state index contributed by atoms with van der Waals surface area (Å²) in [6.45, 7) is 4.39. The predicted octanol–water partition coefficient (Wildman–Crippen LogP) is 3.61. The van der Waals surface area contributed by atoms with Crippen LogP contribution in [0.4, 0.5) is 5.82 Å². The van der Waals surface area contributed by atoms with Gasteiger partial charge < -0.3 is 19.9 Å². The summed E-state index contributed by atoms with van der Waals surface area (Å²) in [4.78, 5) is 15.2. The van der Waals surface area contributed by atoms with Crippen molar-refractivity contribution < 1.29 is 4.74 Å². The molecule has 1 saturated heterocycles. The smallest absolute Gasteiger partial charge is 0.163 e. The number of hydrogen-bond acceptors (Lipinski definition) is 5. The van der Waals surface area contributed by atoms with Crippen molar-refractivity contribution in [1.29, 1.82) is 0 Å². The third-order valence-corrected chi connectivity index (χ3v) is 5.17. The molecule has 2 N–H and O–H groups in total. The number of aromatic amines is 1. The molecule has 0 saturated carbocycles. The number of anilines is 1. The van der Waals surface area contributed by atoms with Gasteiger partial charge in [0.25, 0.3) is 0 Å². The standard InChI is InChI=1S/C23H23N5O/c1-2-4-17(5-3-1)16-29-19-8-6-18(7-9-19)21-26-22-20(10-11-25-22)23(27-21)28-14-12-24-13-15-28/h1-11,24H,12-16H2,(H,25,26,27). The molecule has 1 fully saturated rings. The van der Waals surface area contributed by atoms with E-state index in [1.807, 2.05) is 48.7 Å². The van der Waals surface area contributed by atoms with Gasteiger partial charge in [0.05, 0.1) is 5.39 Å². The molecule has 2 aromatic carbocycles. The second kappa shape index (κ2) is 7.93. The maximum absolute atomic E-state index is 5.90. The third-order valence-electron chi connectivity index (χ3n) is 5.17. The van der Waals surface area contributed by atoms with Crippen molar-refractivity contribution >= 4 is 16.9 Å². The van der Waals surface area contributed by atoms with E-state index >= 15 is 0 Å². The number of fused-ring (bicyclic) bond motifs is 1. The second-order valence-corrected chi connectivity index (χ2v) is 7.15. The Kier molecular flexibility index (Phi) is 4.84. The fourth-order valence-electron chi connectivity index (χ4n) is 3.61. The van der Waals surface area contributed by atoms with E-state index in [4.69, 9.17) is 14.7 Å². The number of aromatic nitrogens is 3. The number of H-pyrrole nitrogens is 1. The molecule has 6 nitrogen and oxygen atoms in total. The molecule has 0 atom stereocenters. The number of rotatable bonds is 5. The Balaban J connectivity index is 1.40. The van der Waals surface area contributed by atoms with Gasteiger partial charge in [0.2, 0.25) is 0 Å². The molecule has 1 aliphatic heterocycles. The SMILES string of the molecule is c1ccc(COc2ccc(-c3nc(N4CCNCC4)c4cc[nH]c4n3)cc2)cc1. The van der Waals surface area contributed by atoms with Crippen LogP contribution in [0.3, 0.4) is 0 Å². The first kappa shape index (κ1) is 17.7. The molecule has 0 aliphatic carbocycles. The largest absolute Gasteiger partial charge is 0.489 e. The second-order valence-electron chi connectivity index (χ2n) is 7.15. The fourth-order valence-corrected chi connectivity index (χ4v) is 3.61. The summed E-state index contributed by atoms with van der Waals surface area (Å²) < 4.78 is 5.90. The Bertz CT molecular complexity index is 1090. The van der Waals surface area contributed by atoms with Crippen LogP contribution >= 0.6 is 0 Å². The zero-order chi connectivity index (χ0) is 19.5. The van der Waals surface area contributed by atoms with Crippen LogP contribution in [0.15, 0.2) is 66.9 Å². The highest BCUT2D eigenvalue weighted by atomic mass is 16.5. The Labute approximate surface area is 169 Å². The number of ether oxygens (including phenoxy) is 1. The van der Waals surface area contributed by atoms with Crippen molar-refractivity contribution in [3.05, 3.63) is 72.4 Å². The van der Waals surface area contributed by atoms with E-state index in [0.717, 1.165) is 65.7 Å². The highest BCUT2D eigenvalue weighted by molar-refractivity contribution is 5.89. The first-order valence-corrected chi connectivity index (χ1v) is 9.95. The lowest BCUT2D eigenvalue weighted by molar-refractivity contribution is 0.306. The van der Waals surface area contributed by atoms with Crippen molar-refractivity contribution in [3.63, 3.8) is 0 Å². The topological polar surface area (TPSA) is 66.1 Å².